The minimum Gasteiger partial charge on any atom is -0.393 e. The molecule has 0 saturated carbocycles. The molecule has 1 amide bonds. The highest BCUT2D eigenvalue weighted by Gasteiger charge is 2.07. The first-order valence-corrected chi connectivity index (χ1v) is 5.50. The lowest BCUT2D eigenvalue weighted by molar-refractivity contribution is 0.0949. The fourth-order valence-corrected chi connectivity index (χ4v) is 1.88. The third-order valence-electron chi connectivity index (χ3n) is 1.64. The summed E-state index contributed by atoms with van der Waals surface area (Å²) in [5, 5.41) is 11.7. The number of amides is 1. The van der Waals surface area contributed by atoms with Crippen molar-refractivity contribution in [2.75, 3.05) is 6.54 Å². The van der Waals surface area contributed by atoms with Crippen LogP contribution in [0.2, 0.25) is 4.34 Å². The van der Waals surface area contributed by atoms with E-state index < -0.39 is 0 Å². The van der Waals surface area contributed by atoms with Gasteiger partial charge in [0.05, 0.1) is 15.3 Å². The second-order valence-corrected chi connectivity index (χ2v) is 4.71. The van der Waals surface area contributed by atoms with Crippen molar-refractivity contribution in [2.45, 2.75) is 19.4 Å². The van der Waals surface area contributed by atoms with Crippen LogP contribution in [0.5, 0.6) is 0 Å². The fourth-order valence-electron chi connectivity index (χ4n) is 0.918. The van der Waals surface area contributed by atoms with Gasteiger partial charge in [-0.3, -0.25) is 4.79 Å². The summed E-state index contributed by atoms with van der Waals surface area (Å²) in [6.07, 6.45) is 0.174. The number of hydrogen-bond donors (Lipinski definition) is 2. The van der Waals surface area contributed by atoms with Crippen LogP contribution in [0.3, 0.4) is 0 Å². The van der Waals surface area contributed by atoms with Crippen LogP contribution in [0.4, 0.5) is 0 Å². The van der Waals surface area contributed by atoms with Gasteiger partial charge in [0.15, 0.2) is 0 Å². The Morgan fingerprint density at radius 3 is 2.93 bits per heavy atom. The van der Waals surface area contributed by atoms with E-state index in [9.17, 15) is 4.79 Å². The Balaban J connectivity index is 2.36. The molecule has 0 fully saturated rings. The number of carbonyl (C=O) groups excluding carboxylic acids is 1. The molecule has 0 spiro atoms. The lowest BCUT2D eigenvalue weighted by Gasteiger charge is -2.04. The summed E-state index contributed by atoms with van der Waals surface area (Å²) in [5.74, 6) is -0.137. The summed E-state index contributed by atoms with van der Waals surface area (Å²) in [6, 6.07) is 3.38. The molecule has 0 aliphatic heterocycles. The normalized spacial score (nSPS) is 12.5. The number of halogens is 1. The molecular formula is C9H12ClNO2S. The first kappa shape index (κ1) is 11.5. The summed E-state index contributed by atoms with van der Waals surface area (Å²) in [5.41, 5.74) is 0. The van der Waals surface area contributed by atoms with Gasteiger partial charge in [-0.15, -0.1) is 11.3 Å². The van der Waals surface area contributed by atoms with Crippen LogP contribution in [0.15, 0.2) is 12.1 Å². The number of aliphatic hydroxyl groups excluding tert-OH is 1. The van der Waals surface area contributed by atoms with E-state index in [1.165, 1.54) is 11.3 Å². The molecule has 1 rings (SSSR count). The van der Waals surface area contributed by atoms with Gasteiger partial charge in [0.2, 0.25) is 0 Å². The van der Waals surface area contributed by atoms with Crippen molar-refractivity contribution >= 4 is 28.8 Å². The Hall–Kier alpha value is -0.580. The number of carbonyl (C=O) groups is 1. The highest BCUT2D eigenvalue weighted by atomic mass is 35.5. The van der Waals surface area contributed by atoms with E-state index in [1.54, 1.807) is 19.1 Å². The minimum atomic E-state index is -0.387. The first-order chi connectivity index (χ1) is 6.59. The SMILES string of the molecule is CC(O)CCNC(=O)c1ccc(Cl)s1. The van der Waals surface area contributed by atoms with Crippen LogP contribution < -0.4 is 5.32 Å². The minimum absolute atomic E-state index is 0.137. The predicted octanol–water partition coefficient (Wildman–Crippen LogP) is 1.90. The molecule has 0 aliphatic rings. The molecule has 1 aromatic heterocycles. The van der Waals surface area contributed by atoms with E-state index in [0.29, 0.717) is 22.2 Å². The van der Waals surface area contributed by atoms with Crippen LogP contribution in [0.1, 0.15) is 23.0 Å². The molecule has 1 unspecified atom stereocenters. The second-order valence-electron chi connectivity index (χ2n) is 3.00. The van der Waals surface area contributed by atoms with E-state index in [-0.39, 0.29) is 12.0 Å². The van der Waals surface area contributed by atoms with E-state index in [1.807, 2.05) is 0 Å². The van der Waals surface area contributed by atoms with Crippen molar-refractivity contribution in [3.8, 4) is 0 Å². The Morgan fingerprint density at radius 1 is 1.71 bits per heavy atom. The molecule has 1 atom stereocenters. The average molecular weight is 234 g/mol. The van der Waals surface area contributed by atoms with Crippen molar-refractivity contribution in [2.24, 2.45) is 0 Å². The van der Waals surface area contributed by atoms with Gasteiger partial charge < -0.3 is 10.4 Å². The highest BCUT2D eigenvalue weighted by molar-refractivity contribution is 7.17. The van der Waals surface area contributed by atoms with Gasteiger partial charge >= 0.3 is 0 Å². The number of nitrogens with one attached hydrogen (secondary N) is 1. The zero-order chi connectivity index (χ0) is 10.6. The third kappa shape index (κ3) is 3.65. The Bertz CT molecular complexity index is 312. The maximum atomic E-state index is 11.4. The van der Waals surface area contributed by atoms with E-state index >= 15 is 0 Å². The summed E-state index contributed by atoms with van der Waals surface area (Å²) >= 11 is 6.93. The molecule has 2 N–H and O–H groups in total. The van der Waals surface area contributed by atoms with Crippen molar-refractivity contribution in [1.29, 1.82) is 0 Å². The Morgan fingerprint density at radius 2 is 2.43 bits per heavy atom. The van der Waals surface area contributed by atoms with Gasteiger partial charge in [0.1, 0.15) is 0 Å². The van der Waals surface area contributed by atoms with Crippen LogP contribution in [-0.4, -0.2) is 23.7 Å². The Labute approximate surface area is 91.7 Å². The number of rotatable bonds is 4. The Kier molecular flexibility index (Phi) is 4.38. The molecular weight excluding hydrogens is 222 g/mol. The summed E-state index contributed by atoms with van der Waals surface area (Å²) in [7, 11) is 0. The molecule has 0 bridgehead atoms. The molecule has 1 heterocycles. The van der Waals surface area contributed by atoms with Gasteiger partial charge in [-0.05, 0) is 25.5 Å². The molecule has 5 heteroatoms. The van der Waals surface area contributed by atoms with Crippen LogP contribution in [-0.2, 0) is 0 Å². The number of hydrogen-bond acceptors (Lipinski definition) is 3. The van der Waals surface area contributed by atoms with Gasteiger partial charge in [-0.25, -0.2) is 0 Å². The smallest absolute Gasteiger partial charge is 0.261 e. The molecule has 0 radical (unpaired) electrons. The van der Waals surface area contributed by atoms with E-state index in [0.717, 1.165) is 0 Å². The second kappa shape index (κ2) is 5.34. The number of aliphatic hydroxyl groups is 1. The van der Waals surface area contributed by atoms with Crippen molar-refractivity contribution in [3.63, 3.8) is 0 Å². The summed E-state index contributed by atoms with van der Waals surface area (Å²) < 4.78 is 0.602. The van der Waals surface area contributed by atoms with Gasteiger partial charge in [0.25, 0.3) is 5.91 Å². The third-order valence-corrected chi connectivity index (χ3v) is 2.87. The van der Waals surface area contributed by atoms with E-state index in [2.05, 4.69) is 5.32 Å². The molecule has 78 valence electrons. The van der Waals surface area contributed by atoms with Crippen molar-refractivity contribution < 1.29 is 9.90 Å². The van der Waals surface area contributed by atoms with Gasteiger partial charge in [-0.2, -0.15) is 0 Å². The molecule has 1 aromatic rings. The van der Waals surface area contributed by atoms with Crippen LogP contribution in [0, 0.1) is 0 Å². The number of thiophene rings is 1. The summed E-state index contributed by atoms with van der Waals surface area (Å²) in [4.78, 5) is 12.0. The first-order valence-electron chi connectivity index (χ1n) is 4.31. The maximum Gasteiger partial charge on any atom is 0.261 e. The van der Waals surface area contributed by atoms with Crippen molar-refractivity contribution in [1.82, 2.24) is 5.32 Å². The summed E-state index contributed by atoms with van der Waals surface area (Å²) in [6.45, 7) is 2.17. The van der Waals surface area contributed by atoms with Crippen molar-refractivity contribution in [3.05, 3.63) is 21.3 Å². The lowest BCUT2D eigenvalue weighted by Crippen LogP contribution is -2.25. The van der Waals surface area contributed by atoms with Crippen LogP contribution in [0.25, 0.3) is 0 Å². The largest absolute Gasteiger partial charge is 0.393 e. The average Bonchev–Trinajstić information content (AvgIpc) is 2.51. The monoisotopic (exact) mass is 233 g/mol. The van der Waals surface area contributed by atoms with Crippen LogP contribution >= 0.6 is 22.9 Å². The molecule has 3 nitrogen and oxygen atoms in total. The fraction of sp³-hybridized carbons (Fsp3) is 0.444. The molecule has 0 aromatic carbocycles. The zero-order valence-corrected chi connectivity index (χ0v) is 9.36. The zero-order valence-electron chi connectivity index (χ0n) is 7.79. The predicted molar refractivity (Wildman–Crippen MR) is 58.0 cm³/mol. The van der Waals surface area contributed by atoms with Gasteiger partial charge in [-0.1, -0.05) is 11.6 Å². The topological polar surface area (TPSA) is 49.3 Å². The highest BCUT2D eigenvalue weighted by Crippen LogP contribution is 2.20. The maximum absolute atomic E-state index is 11.4. The molecule has 0 aliphatic carbocycles. The molecule has 14 heavy (non-hydrogen) atoms. The quantitative estimate of drug-likeness (QED) is 0.835. The standard InChI is InChI=1S/C9H12ClNO2S/c1-6(12)4-5-11-9(13)7-2-3-8(10)14-7/h2-3,6,12H,4-5H2,1H3,(H,11,13). The van der Waals surface area contributed by atoms with E-state index in [4.69, 9.17) is 16.7 Å². The van der Waals surface area contributed by atoms with Gasteiger partial charge in [0, 0.05) is 6.54 Å². The lowest BCUT2D eigenvalue weighted by atomic mass is 10.3. The molecule has 0 saturated heterocycles.